The van der Waals surface area contributed by atoms with Crippen molar-refractivity contribution in [2.75, 3.05) is 13.1 Å². The first-order valence-corrected chi connectivity index (χ1v) is 10.8. The number of likely N-dealkylation sites (tertiary alicyclic amines) is 1. The lowest BCUT2D eigenvalue weighted by Gasteiger charge is -2.35. The van der Waals surface area contributed by atoms with Crippen LogP contribution in [-0.2, 0) is 6.54 Å². The summed E-state index contributed by atoms with van der Waals surface area (Å²) in [5.41, 5.74) is 2.80. The van der Waals surface area contributed by atoms with Gasteiger partial charge in [0.15, 0.2) is 0 Å². The number of aryl methyl sites for hydroxylation is 1. The monoisotopic (exact) mass is 409 g/mol. The van der Waals surface area contributed by atoms with Crippen molar-refractivity contribution in [2.45, 2.75) is 46.2 Å². The van der Waals surface area contributed by atoms with Crippen LogP contribution in [0.4, 0.5) is 0 Å². The molecule has 0 aliphatic carbocycles. The van der Waals surface area contributed by atoms with Crippen molar-refractivity contribution >= 4 is 22.5 Å². The number of fused-ring (bicyclic) bond motifs is 1. The van der Waals surface area contributed by atoms with E-state index in [0.29, 0.717) is 22.4 Å². The lowest BCUT2D eigenvalue weighted by atomic mass is 9.96. The summed E-state index contributed by atoms with van der Waals surface area (Å²) >= 11 is 6.15. The van der Waals surface area contributed by atoms with Gasteiger partial charge in [0.1, 0.15) is 5.82 Å². The molecule has 2 heterocycles. The van der Waals surface area contributed by atoms with Crippen LogP contribution in [0.15, 0.2) is 47.3 Å². The van der Waals surface area contributed by atoms with Crippen LogP contribution < -0.4 is 5.56 Å². The third-order valence-electron chi connectivity index (χ3n) is 6.02. The summed E-state index contributed by atoms with van der Waals surface area (Å²) in [7, 11) is 0. The molecule has 1 fully saturated rings. The van der Waals surface area contributed by atoms with Gasteiger partial charge in [-0.25, -0.2) is 4.98 Å². The second kappa shape index (κ2) is 8.29. The van der Waals surface area contributed by atoms with Crippen LogP contribution >= 0.6 is 11.6 Å². The highest BCUT2D eigenvalue weighted by molar-refractivity contribution is 6.30. The Morgan fingerprint density at radius 3 is 2.72 bits per heavy atom. The van der Waals surface area contributed by atoms with E-state index in [1.165, 1.54) is 6.42 Å². The first-order valence-electron chi connectivity index (χ1n) is 10.4. The SMILES string of the molecule is Cc1nc2ccc(-c3cccc(Cl)c3)cc2c(=O)n1C[C@H]1CCCN(C(C)C)C1. The first kappa shape index (κ1) is 20.1. The maximum Gasteiger partial charge on any atom is 0.261 e. The standard InChI is InChI=1S/C24H28ClN3O/c1-16(2)27-11-5-6-18(14-27)15-28-17(3)26-23-10-9-20(13-22(23)24(28)29)19-7-4-8-21(25)12-19/h4,7-10,12-13,16,18H,5-6,11,14-15H2,1-3H3/t18-/m0/s1. The number of rotatable bonds is 4. The zero-order chi connectivity index (χ0) is 20.5. The lowest BCUT2D eigenvalue weighted by Crippen LogP contribution is -2.42. The van der Waals surface area contributed by atoms with E-state index in [0.717, 1.165) is 48.5 Å². The van der Waals surface area contributed by atoms with Gasteiger partial charge in [-0.1, -0.05) is 29.8 Å². The molecule has 4 rings (SSSR count). The van der Waals surface area contributed by atoms with Crippen molar-refractivity contribution in [3.05, 3.63) is 63.7 Å². The van der Waals surface area contributed by atoms with Gasteiger partial charge in [-0.2, -0.15) is 0 Å². The van der Waals surface area contributed by atoms with Gasteiger partial charge in [0, 0.05) is 24.2 Å². The van der Waals surface area contributed by atoms with Crippen LogP contribution in [0.1, 0.15) is 32.5 Å². The number of benzene rings is 2. The molecule has 1 aliphatic rings. The number of aromatic nitrogens is 2. The number of nitrogens with zero attached hydrogens (tertiary/aromatic N) is 3. The highest BCUT2D eigenvalue weighted by Crippen LogP contribution is 2.25. The second-order valence-corrected chi connectivity index (χ2v) is 8.85. The molecular weight excluding hydrogens is 382 g/mol. The molecule has 1 atom stereocenters. The zero-order valence-electron chi connectivity index (χ0n) is 17.4. The quantitative estimate of drug-likeness (QED) is 0.598. The summed E-state index contributed by atoms with van der Waals surface area (Å²) in [6.45, 7) is 9.36. The van der Waals surface area contributed by atoms with Crippen molar-refractivity contribution in [3.8, 4) is 11.1 Å². The van der Waals surface area contributed by atoms with Gasteiger partial charge in [-0.15, -0.1) is 0 Å². The minimum atomic E-state index is 0.0537. The zero-order valence-corrected chi connectivity index (χ0v) is 18.1. The fourth-order valence-corrected chi connectivity index (χ4v) is 4.56. The highest BCUT2D eigenvalue weighted by Gasteiger charge is 2.23. The molecule has 0 N–H and O–H groups in total. The Balaban J connectivity index is 1.70. The Kier molecular flexibility index (Phi) is 5.75. The molecule has 5 heteroatoms. The summed E-state index contributed by atoms with van der Waals surface area (Å²) in [5, 5.41) is 1.36. The summed E-state index contributed by atoms with van der Waals surface area (Å²) in [6.07, 6.45) is 2.35. The van der Waals surface area contributed by atoms with Gasteiger partial charge in [-0.3, -0.25) is 9.36 Å². The van der Waals surface area contributed by atoms with E-state index in [1.54, 1.807) is 0 Å². The smallest absolute Gasteiger partial charge is 0.261 e. The molecule has 1 aromatic heterocycles. The number of halogens is 1. The van der Waals surface area contributed by atoms with E-state index in [-0.39, 0.29) is 5.56 Å². The molecule has 3 aromatic rings. The Bertz CT molecular complexity index is 1090. The Morgan fingerprint density at radius 2 is 1.97 bits per heavy atom. The van der Waals surface area contributed by atoms with Gasteiger partial charge < -0.3 is 4.90 Å². The second-order valence-electron chi connectivity index (χ2n) is 8.41. The van der Waals surface area contributed by atoms with Gasteiger partial charge >= 0.3 is 0 Å². The van der Waals surface area contributed by atoms with E-state index in [1.807, 2.05) is 54.0 Å². The minimum absolute atomic E-state index is 0.0537. The maximum atomic E-state index is 13.4. The predicted octanol–water partition coefficient (Wildman–Crippen LogP) is 5.15. The first-order chi connectivity index (χ1) is 13.9. The van der Waals surface area contributed by atoms with Crippen LogP contribution in [0.25, 0.3) is 22.0 Å². The topological polar surface area (TPSA) is 38.1 Å². The fourth-order valence-electron chi connectivity index (χ4n) is 4.37. The van der Waals surface area contributed by atoms with Crippen molar-refractivity contribution < 1.29 is 0 Å². The normalized spacial score (nSPS) is 17.9. The Hall–Kier alpha value is -2.17. The molecule has 4 nitrogen and oxygen atoms in total. The summed E-state index contributed by atoms with van der Waals surface area (Å²) < 4.78 is 1.87. The predicted molar refractivity (Wildman–Crippen MR) is 121 cm³/mol. The number of hydrogen-bond acceptors (Lipinski definition) is 3. The number of hydrogen-bond donors (Lipinski definition) is 0. The van der Waals surface area contributed by atoms with E-state index in [2.05, 4.69) is 18.7 Å². The lowest BCUT2D eigenvalue weighted by molar-refractivity contribution is 0.129. The molecular formula is C24H28ClN3O. The van der Waals surface area contributed by atoms with Crippen LogP contribution in [0.3, 0.4) is 0 Å². The molecule has 0 radical (unpaired) electrons. The minimum Gasteiger partial charge on any atom is -0.301 e. The Morgan fingerprint density at radius 1 is 1.17 bits per heavy atom. The molecule has 0 bridgehead atoms. The molecule has 2 aromatic carbocycles. The van der Waals surface area contributed by atoms with Gasteiger partial charge in [0.2, 0.25) is 0 Å². The molecule has 29 heavy (non-hydrogen) atoms. The highest BCUT2D eigenvalue weighted by atomic mass is 35.5. The van der Waals surface area contributed by atoms with Crippen molar-refractivity contribution in [1.82, 2.24) is 14.5 Å². The van der Waals surface area contributed by atoms with Crippen LogP contribution in [-0.4, -0.2) is 33.6 Å². The summed E-state index contributed by atoms with van der Waals surface area (Å²) in [5.74, 6) is 1.28. The van der Waals surface area contributed by atoms with Crippen LogP contribution in [0, 0.1) is 12.8 Å². The van der Waals surface area contributed by atoms with Crippen molar-refractivity contribution in [3.63, 3.8) is 0 Å². The average molecular weight is 410 g/mol. The molecule has 1 aliphatic heterocycles. The molecule has 0 saturated carbocycles. The maximum absolute atomic E-state index is 13.4. The van der Waals surface area contributed by atoms with Crippen LogP contribution in [0.5, 0.6) is 0 Å². The van der Waals surface area contributed by atoms with E-state index >= 15 is 0 Å². The van der Waals surface area contributed by atoms with Gasteiger partial charge in [0.25, 0.3) is 5.56 Å². The van der Waals surface area contributed by atoms with Crippen LogP contribution in [0.2, 0.25) is 5.02 Å². The van der Waals surface area contributed by atoms with E-state index in [4.69, 9.17) is 16.6 Å². The molecule has 0 amide bonds. The molecule has 0 unspecified atom stereocenters. The van der Waals surface area contributed by atoms with Gasteiger partial charge in [0.05, 0.1) is 10.9 Å². The summed E-state index contributed by atoms with van der Waals surface area (Å²) in [6, 6.07) is 14.2. The molecule has 1 saturated heterocycles. The Labute approximate surface area is 177 Å². The third kappa shape index (κ3) is 4.24. The fraction of sp³-hybridized carbons (Fsp3) is 0.417. The van der Waals surface area contributed by atoms with Crippen molar-refractivity contribution in [1.29, 1.82) is 0 Å². The van der Waals surface area contributed by atoms with Crippen molar-refractivity contribution in [2.24, 2.45) is 5.92 Å². The third-order valence-corrected chi connectivity index (χ3v) is 6.26. The average Bonchev–Trinajstić information content (AvgIpc) is 2.71. The van der Waals surface area contributed by atoms with Gasteiger partial charge in [-0.05, 0) is 81.5 Å². The number of piperidine rings is 1. The van der Waals surface area contributed by atoms with E-state index in [9.17, 15) is 4.79 Å². The summed E-state index contributed by atoms with van der Waals surface area (Å²) in [4.78, 5) is 20.6. The molecule has 152 valence electrons. The molecule has 0 spiro atoms. The van der Waals surface area contributed by atoms with E-state index < -0.39 is 0 Å². The largest absolute Gasteiger partial charge is 0.301 e.